The number of fused-ring (bicyclic) bond motifs is 1. The van der Waals surface area contributed by atoms with E-state index in [4.69, 9.17) is 14.2 Å². The molecule has 7 heteroatoms. The molecule has 0 atom stereocenters. The van der Waals surface area contributed by atoms with Crippen LogP contribution in [0.5, 0.6) is 11.5 Å². The Morgan fingerprint density at radius 2 is 2.12 bits per heavy atom. The maximum atomic E-state index is 5.48. The highest BCUT2D eigenvalue weighted by Gasteiger charge is 2.19. The fourth-order valence-electron chi connectivity index (χ4n) is 3.21. The third-order valence-corrected chi connectivity index (χ3v) is 5.31. The molecule has 0 bridgehead atoms. The Balaban J connectivity index is 1.51. The predicted octanol–water partition coefficient (Wildman–Crippen LogP) is 3.00. The molecule has 1 saturated heterocycles. The summed E-state index contributed by atoms with van der Waals surface area (Å²) in [5.74, 6) is 3.23. The molecule has 0 amide bonds. The number of aliphatic imine (C=N–C) groups is 1. The molecule has 1 aromatic carbocycles. The van der Waals surface area contributed by atoms with Gasteiger partial charge in [-0.25, -0.2) is 0 Å². The largest absolute Gasteiger partial charge is 0.454 e. The standard InChI is InChI=1S/C18H26BrN3O3/c1-20-18(22(2)6-3-13-4-7-23-8-5-13)21-11-14-9-15(19)17-16(10-14)24-12-25-17/h9-10,13H,3-8,11-12H2,1-2H3,(H,20,21). The monoisotopic (exact) mass is 411 g/mol. The van der Waals surface area contributed by atoms with Crippen LogP contribution in [0.2, 0.25) is 0 Å². The molecule has 0 aliphatic carbocycles. The minimum Gasteiger partial charge on any atom is -0.454 e. The van der Waals surface area contributed by atoms with E-state index in [0.717, 1.165) is 53.2 Å². The maximum Gasteiger partial charge on any atom is 0.231 e. The number of hydrogen-bond acceptors (Lipinski definition) is 4. The van der Waals surface area contributed by atoms with Crippen molar-refractivity contribution >= 4 is 21.9 Å². The average Bonchev–Trinajstić information content (AvgIpc) is 3.10. The molecule has 138 valence electrons. The van der Waals surface area contributed by atoms with Crippen molar-refractivity contribution in [3.8, 4) is 11.5 Å². The van der Waals surface area contributed by atoms with E-state index >= 15 is 0 Å². The first-order valence-corrected chi connectivity index (χ1v) is 9.54. The van der Waals surface area contributed by atoms with Crippen molar-refractivity contribution < 1.29 is 14.2 Å². The van der Waals surface area contributed by atoms with Gasteiger partial charge in [-0.1, -0.05) is 0 Å². The highest BCUT2D eigenvalue weighted by Crippen LogP contribution is 2.39. The molecule has 0 aromatic heterocycles. The molecule has 3 rings (SSSR count). The van der Waals surface area contributed by atoms with E-state index in [-0.39, 0.29) is 6.79 Å². The van der Waals surface area contributed by atoms with E-state index in [1.165, 1.54) is 19.3 Å². The quantitative estimate of drug-likeness (QED) is 0.595. The van der Waals surface area contributed by atoms with Crippen molar-refractivity contribution in [3.05, 3.63) is 22.2 Å². The molecule has 1 aromatic rings. The van der Waals surface area contributed by atoms with Crippen molar-refractivity contribution in [2.24, 2.45) is 10.9 Å². The van der Waals surface area contributed by atoms with Crippen LogP contribution in [-0.4, -0.2) is 51.5 Å². The van der Waals surface area contributed by atoms with Crippen LogP contribution in [0.25, 0.3) is 0 Å². The minimum absolute atomic E-state index is 0.279. The van der Waals surface area contributed by atoms with Crippen LogP contribution in [0, 0.1) is 5.92 Å². The van der Waals surface area contributed by atoms with Crippen LogP contribution in [0.1, 0.15) is 24.8 Å². The Hall–Kier alpha value is -1.47. The first-order valence-electron chi connectivity index (χ1n) is 8.75. The summed E-state index contributed by atoms with van der Waals surface area (Å²) in [6, 6.07) is 4.06. The average molecular weight is 412 g/mol. The van der Waals surface area contributed by atoms with Gasteiger partial charge in [0.15, 0.2) is 17.5 Å². The van der Waals surface area contributed by atoms with Gasteiger partial charge >= 0.3 is 0 Å². The molecule has 2 heterocycles. The second kappa shape index (κ2) is 8.76. The van der Waals surface area contributed by atoms with Gasteiger partial charge in [0.05, 0.1) is 4.47 Å². The van der Waals surface area contributed by atoms with Gasteiger partial charge in [-0.05, 0) is 58.8 Å². The van der Waals surface area contributed by atoms with Gasteiger partial charge in [0, 0.05) is 40.4 Å². The normalized spacial score (nSPS) is 17.6. The Morgan fingerprint density at radius 1 is 1.32 bits per heavy atom. The summed E-state index contributed by atoms with van der Waals surface area (Å²) in [5.41, 5.74) is 1.12. The molecule has 25 heavy (non-hydrogen) atoms. The Labute approximate surface area is 157 Å². The smallest absolute Gasteiger partial charge is 0.231 e. The second-order valence-electron chi connectivity index (χ2n) is 6.48. The Bertz CT molecular complexity index is 618. The molecule has 2 aliphatic rings. The second-order valence-corrected chi connectivity index (χ2v) is 7.33. The van der Waals surface area contributed by atoms with Crippen LogP contribution in [0.3, 0.4) is 0 Å². The molecular weight excluding hydrogens is 386 g/mol. The summed E-state index contributed by atoms with van der Waals surface area (Å²) in [4.78, 5) is 6.59. The lowest BCUT2D eigenvalue weighted by Crippen LogP contribution is -2.39. The Morgan fingerprint density at radius 3 is 2.88 bits per heavy atom. The SMILES string of the molecule is CN=C(NCc1cc(Br)c2c(c1)OCO2)N(C)CCC1CCOCC1. The number of rotatable bonds is 5. The first kappa shape index (κ1) is 18.3. The molecule has 0 saturated carbocycles. The fourth-order valence-corrected chi connectivity index (χ4v) is 3.81. The van der Waals surface area contributed by atoms with Crippen molar-refractivity contribution in [2.45, 2.75) is 25.8 Å². The highest BCUT2D eigenvalue weighted by molar-refractivity contribution is 9.10. The van der Waals surface area contributed by atoms with Gasteiger partial charge in [-0.3, -0.25) is 4.99 Å². The summed E-state index contributed by atoms with van der Waals surface area (Å²) in [5, 5.41) is 3.43. The van der Waals surface area contributed by atoms with Gasteiger partial charge in [0.2, 0.25) is 6.79 Å². The van der Waals surface area contributed by atoms with E-state index in [0.29, 0.717) is 6.54 Å². The molecule has 0 radical (unpaired) electrons. The van der Waals surface area contributed by atoms with Gasteiger partial charge in [0.1, 0.15) is 0 Å². The molecule has 6 nitrogen and oxygen atoms in total. The van der Waals surface area contributed by atoms with Gasteiger partial charge in [-0.15, -0.1) is 0 Å². The van der Waals surface area contributed by atoms with Crippen molar-refractivity contribution in [1.29, 1.82) is 0 Å². The predicted molar refractivity (Wildman–Crippen MR) is 101 cm³/mol. The third kappa shape index (κ3) is 4.79. The minimum atomic E-state index is 0.279. The summed E-state index contributed by atoms with van der Waals surface area (Å²) in [7, 11) is 3.91. The van der Waals surface area contributed by atoms with E-state index in [2.05, 4.69) is 44.3 Å². The van der Waals surface area contributed by atoms with Crippen molar-refractivity contribution in [1.82, 2.24) is 10.2 Å². The number of benzene rings is 1. The van der Waals surface area contributed by atoms with E-state index in [9.17, 15) is 0 Å². The lowest BCUT2D eigenvalue weighted by Gasteiger charge is -2.27. The lowest BCUT2D eigenvalue weighted by molar-refractivity contribution is 0.0625. The van der Waals surface area contributed by atoms with Crippen LogP contribution in [-0.2, 0) is 11.3 Å². The summed E-state index contributed by atoms with van der Waals surface area (Å²) >= 11 is 3.54. The van der Waals surface area contributed by atoms with Crippen molar-refractivity contribution in [3.63, 3.8) is 0 Å². The summed E-state index contributed by atoms with van der Waals surface area (Å²) in [6.45, 7) is 3.76. The van der Waals surface area contributed by atoms with Crippen molar-refractivity contribution in [2.75, 3.05) is 40.6 Å². The van der Waals surface area contributed by atoms with E-state index in [1.54, 1.807) is 0 Å². The highest BCUT2D eigenvalue weighted by atomic mass is 79.9. The zero-order valence-electron chi connectivity index (χ0n) is 14.9. The number of hydrogen-bond donors (Lipinski definition) is 1. The number of guanidine groups is 1. The maximum absolute atomic E-state index is 5.48. The van der Waals surface area contributed by atoms with E-state index < -0.39 is 0 Å². The van der Waals surface area contributed by atoms with E-state index in [1.807, 2.05) is 13.1 Å². The molecule has 1 fully saturated rings. The molecule has 1 N–H and O–H groups in total. The number of ether oxygens (including phenoxy) is 3. The van der Waals surface area contributed by atoms with Crippen LogP contribution in [0.15, 0.2) is 21.6 Å². The first-order chi connectivity index (χ1) is 12.2. The van der Waals surface area contributed by atoms with Gasteiger partial charge in [0.25, 0.3) is 0 Å². The van der Waals surface area contributed by atoms with Gasteiger partial charge in [-0.2, -0.15) is 0 Å². The zero-order valence-corrected chi connectivity index (χ0v) is 16.5. The zero-order chi connectivity index (χ0) is 17.6. The summed E-state index contributed by atoms with van der Waals surface area (Å²) in [6.07, 6.45) is 3.52. The van der Waals surface area contributed by atoms with Crippen LogP contribution in [0.4, 0.5) is 0 Å². The number of nitrogens with zero attached hydrogens (tertiary/aromatic N) is 2. The lowest BCUT2D eigenvalue weighted by atomic mass is 9.96. The van der Waals surface area contributed by atoms with Crippen LogP contribution >= 0.6 is 15.9 Å². The van der Waals surface area contributed by atoms with Crippen LogP contribution < -0.4 is 14.8 Å². The third-order valence-electron chi connectivity index (χ3n) is 4.72. The summed E-state index contributed by atoms with van der Waals surface area (Å²) < 4.78 is 17.3. The Kier molecular flexibility index (Phi) is 6.42. The molecular formula is C18H26BrN3O3. The molecule has 0 spiro atoms. The van der Waals surface area contributed by atoms with Gasteiger partial charge < -0.3 is 24.4 Å². The molecule has 2 aliphatic heterocycles. The molecule has 0 unspecified atom stereocenters. The number of nitrogens with one attached hydrogen (secondary N) is 1. The fraction of sp³-hybridized carbons (Fsp3) is 0.611. The number of halogens is 1. The topological polar surface area (TPSA) is 55.3 Å².